The third-order valence-corrected chi connectivity index (χ3v) is 3.45. The Kier molecular flexibility index (Phi) is 4.61. The third kappa shape index (κ3) is 4.01. The van der Waals surface area contributed by atoms with Gasteiger partial charge in [0.15, 0.2) is 0 Å². The van der Waals surface area contributed by atoms with Gasteiger partial charge in [-0.15, -0.1) is 0 Å². The predicted octanol–water partition coefficient (Wildman–Crippen LogP) is 3.70. The van der Waals surface area contributed by atoms with Gasteiger partial charge in [0.1, 0.15) is 12.4 Å². The van der Waals surface area contributed by atoms with Crippen molar-refractivity contribution in [3.8, 4) is 5.75 Å². The van der Waals surface area contributed by atoms with Crippen LogP contribution in [-0.2, 0) is 11.2 Å². The highest BCUT2D eigenvalue weighted by molar-refractivity contribution is 5.93. The van der Waals surface area contributed by atoms with Gasteiger partial charge in [0, 0.05) is 11.8 Å². The number of hydrogen-bond acceptors (Lipinski definition) is 3. The number of ether oxygens (including phenoxy) is 1. The number of carbonyl (C=O) groups is 1. The molecule has 5 nitrogen and oxygen atoms in total. The van der Waals surface area contributed by atoms with E-state index in [0.717, 1.165) is 22.2 Å². The number of nitrogens with zero attached hydrogens (tertiary/aromatic N) is 1. The van der Waals surface area contributed by atoms with Gasteiger partial charge < -0.3 is 15.0 Å². The van der Waals surface area contributed by atoms with Crippen molar-refractivity contribution in [2.24, 2.45) is 0 Å². The molecular weight excluding hydrogens is 302 g/mol. The van der Waals surface area contributed by atoms with Gasteiger partial charge in [-0.25, -0.2) is 4.98 Å². The first kappa shape index (κ1) is 15.8. The Hall–Kier alpha value is -3.08. The molecule has 0 unspecified atom stereocenters. The molecule has 2 aromatic carbocycles. The van der Waals surface area contributed by atoms with Crippen LogP contribution < -0.4 is 10.1 Å². The second kappa shape index (κ2) is 7.00. The number of H-pyrrole nitrogens is 1. The van der Waals surface area contributed by atoms with Gasteiger partial charge in [-0.05, 0) is 42.3 Å². The molecule has 2 N–H and O–H groups in total. The number of carbonyl (C=O) groups excluding carboxylic acids is 1. The number of nitrogens with one attached hydrogen (secondary N) is 2. The molecule has 1 amide bonds. The highest BCUT2D eigenvalue weighted by Gasteiger charge is 2.07. The van der Waals surface area contributed by atoms with E-state index in [0.29, 0.717) is 24.5 Å². The number of rotatable bonds is 6. The summed E-state index contributed by atoms with van der Waals surface area (Å²) in [4.78, 5) is 19.5. The van der Waals surface area contributed by atoms with Gasteiger partial charge in [0.2, 0.25) is 5.91 Å². The molecule has 0 spiro atoms. The fourth-order valence-electron chi connectivity index (χ4n) is 2.35. The molecule has 0 aliphatic carbocycles. The molecule has 1 aromatic heterocycles. The topological polar surface area (TPSA) is 67.0 Å². The zero-order valence-electron chi connectivity index (χ0n) is 13.5. The Labute approximate surface area is 140 Å². The molecular formula is C19H19N3O2. The molecule has 24 heavy (non-hydrogen) atoms. The van der Waals surface area contributed by atoms with E-state index >= 15 is 0 Å². The molecule has 0 saturated carbocycles. The zero-order chi connectivity index (χ0) is 16.9. The van der Waals surface area contributed by atoms with Crippen LogP contribution in [0.5, 0.6) is 5.75 Å². The molecule has 3 aromatic rings. The monoisotopic (exact) mass is 321 g/mol. The van der Waals surface area contributed by atoms with Crippen LogP contribution in [-0.4, -0.2) is 22.5 Å². The minimum absolute atomic E-state index is 0.0779. The highest BCUT2D eigenvalue weighted by Crippen LogP contribution is 2.18. The van der Waals surface area contributed by atoms with Crippen molar-refractivity contribution in [3.63, 3.8) is 0 Å². The van der Waals surface area contributed by atoms with Crippen molar-refractivity contribution in [2.45, 2.75) is 13.3 Å². The summed E-state index contributed by atoms with van der Waals surface area (Å²) in [6.07, 6.45) is 1.94. The van der Waals surface area contributed by atoms with Gasteiger partial charge in [0.25, 0.3) is 0 Å². The summed E-state index contributed by atoms with van der Waals surface area (Å²) in [5, 5.41) is 2.89. The smallest absolute Gasteiger partial charge is 0.228 e. The maximum absolute atomic E-state index is 12.2. The number of benzene rings is 2. The van der Waals surface area contributed by atoms with Crippen LogP contribution in [0.2, 0.25) is 0 Å². The minimum atomic E-state index is -0.0779. The molecule has 0 saturated heterocycles. The fraction of sp³-hybridized carbons (Fsp3) is 0.158. The van der Waals surface area contributed by atoms with Gasteiger partial charge in [-0.1, -0.05) is 18.7 Å². The van der Waals surface area contributed by atoms with E-state index in [1.807, 2.05) is 43.3 Å². The van der Waals surface area contributed by atoms with Crippen LogP contribution in [0.1, 0.15) is 12.5 Å². The first-order chi connectivity index (χ1) is 11.6. The summed E-state index contributed by atoms with van der Waals surface area (Å²) < 4.78 is 5.59. The van der Waals surface area contributed by atoms with Crippen molar-refractivity contribution in [1.82, 2.24) is 9.97 Å². The third-order valence-electron chi connectivity index (χ3n) is 3.45. The molecule has 0 bridgehead atoms. The average Bonchev–Trinajstić information content (AvgIpc) is 3.01. The Balaban J connectivity index is 1.63. The van der Waals surface area contributed by atoms with E-state index < -0.39 is 0 Å². The first-order valence-corrected chi connectivity index (χ1v) is 7.69. The number of aromatic nitrogens is 2. The van der Waals surface area contributed by atoms with E-state index in [2.05, 4.69) is 21.9 Å². The Bertz CT molecular complexity index is 883. The lowest BCUT2D eigenvalue weighted by Gasteiger charge is -2.09. The molecule has 0 aliphatic rings. The molecule has 122 valence electrons. The predicted molar refractivity (Wildman–Crippen MR) is 95.2 cm³/mol. The van der Waals surface area contributed by atoms with Crippen molar-refractivity contribution in [1.29, 1.82) is 0 Å². The summed E-state index contributed by atoms with van der Waals surface area (Å²) in [5.74, 6) is 0.626. The van der Waals surface area contributed by atoms with Crippen molar-refractivity contribution >= 4 is 22.6 Å². The van der Waals surface area contributed by atoms with E-state index in [1.54, 1.807) is 12.4 Å². The number of amides is 1. The van der Waals surface area contributed by atoms with Crippen LogP contribution in [0.4, 0.5) is 5.69 Å². The number of fused-ring (bicyclic) bond motifs is 1. The summed E-state index contributed by atoms with van der Waals surface area (Å²) in [6, 6.07) is 13.1. The summed E-state index contributed by atoms with van der Waals surface area (Å²) in [6.45, 7) is 6.17. The number of aromatic amines is 1. The van der Waals surface area contributed by atoms with Crippen LogP contribution in [0.3, 0.4) is 0 Å². The van der Waals surface area contributed by atoms with Crippen molar-refractivity contribution in [3.05, 3.63) is 66.5 Å². The summed E-state index contributed by atoms with van der Waals surface area (Å²) >= 11 is 0. The molecule has 1 heterocycles. The standard InChI is InChI=1S/C19H19N3O2/c1-13(2)11-24-16-5-3-4-15(10-16)22-19(23)9-14-6-7-17-18(8-14)21-12-20-17/h3-8,10,12H,1,9,11H2,2H3,(H,20,21)(H,22,23). The molecule has 0 radical (unpaired) electrons. The molecule has 0 aliphatic heterocycles. The van der Waals surface area contributed by atoms with E-state index in [-0.39, 0.29) is 5.91 Å². The number of imidazole rings is 1. The van der Waals surface area contributed by atoms with Crippen molar-refractivity contribution < 1.29 is 9.53 Å². The second-order valence-electron chi connectivity index (χ2n) is 5.75. The second-order valence-corrected chi connectivity index (χ2v) is 5.75. The van der Waals surface area contributed by atoms with E-state index in [1.165, 1.54) is 0 Å². The molecule has 0 fully saturated rings. The Morgan fingerprint density at radius 2 is 2.17 bits per heavy atom. The minimum Gasteiger partial charge on any atom is -0.489 e. The lowest BCUT2D eigenvalue weighted by Crippen LogP contribution is -2.14. The average molecular weight is 321 g/mol. The number of hydrogen-bond donors (Lipinski definition) is 2. The van der Waals surface area contributed by atoms with Crippen LogP contribution >= 0.6 is 0 Å². The van der Waals surface area contributed by atoms with E-state index in [4.69, 9.17) is 4.74 Å². The largest absolute Gasteiger partial charge is 0.489 e. The Morgan fingerprint density at radius 1 is 1.29 bits per heavy atom. The molecule has 0 atom stereocenters. The SMILES string of the molecule is C=C(C)COc1cccc(NC(=O)Cc2ccc3nc[nH]c3c2)c1. The Morgan fingerprint density at radius 3 is 3.00 bits per heavy atom. The molecule has 5 heteroatoms. The summed E-state index contributed by atoms with van der Waals surface area (Å²) in [7, 11) is 0. The van der Waals surface area contributed by atoms with Crippen molar-refractivity contribution in [2.75, 3.05) is 11.9 Å². The van der Waals surface area contributed by atoms with Gasteiger partial charge in [0.05, 0.1) is 23.8 Å². The lowest BCUT2D eigenvalue weighted by atomic mass is 10.1. The fourth-order valence-corrected chi connectivity index (χ4v) is 2.35. The van der Waals surface area contributed by atoms with Crippen LogP contribution in [0.15, 0.2) is 60.9 Å². The van der Waals surface area contributed by atoms with E-state index in [9.17, 15) is 4.79 Å². The van der Waals surface area contributed by atoms with Gasteiger partial charge in [-0.3, -0.25) is 4.79 Å². The quantitative estimate of drug-likeness (QED) is 0.680. The van der Waals surface area contributed by atoms with Gasteiger partial charge >= 0.3 is 0 Å². The number of anilines is 1. The zero-order valence-corrected chi connectivity index (χ0v) is 13.5. The maximum atomic E-state index is 12.2. The molecule has 3 rings (SSSR count). The maximum Gasteiger partial charge on any atom is 0.228 e. The lowest BCUT2D eigenvalue weighted by molar-refractivity contribution is -0.115. The first-order valence-electron chi connectivity index (χ1n) is 7.69. The normalized spacial score (nSPS) is 10.5. The summed E-state index contributed by atoms with van der Waals surface area (Å²) in [5.41, 5.74) is 4.40. The van der Waals surface area contributed by atoms with Crippen LogP contribution in [0.25, 0.3) is 11.0 Å². The van der Waals surface area contributed by atoms with Gasteiger partial charge in [-0.2, -0.15) is 0 Å². The van der Waals surface area contributed by atoms with Crippen LogP contribution in [0, 0.1) is 0 Å². The highest BCUT2D eigenvalue weighted by atomic mass is 16.5.